The number of nitrogens with two attached hydrogens (primary N) is 1. The molecule has 1 saturated heterocycles. The van der Waals surface area contributed by atoms with Crippen LogP contribution in [0, 0.1) is 0 Å². The van der Waals surface area contributed by atoms with Gasteiger partial charge < -0.3 is 5.73 Å². The SMILES string of the molecule is CCC(N)c1cccc(S(=O)(=O)N2CCSCC2)c1. The summed E-state index contributed by atoms with van der Waals surface area (Å²) in [4.78, 5) is 0.362. The van der Waals surface area contributed by atoms with E-state index in [1.165, 1.54) is 0 Å². The molecule has 0 radical (unpaired) electrons. The van der Waals surface area contributed by atoms with E-state index in [4.69, 9.17) is 5.73 Å². The average molecular weight is 300 g/mol. The van der Waals surface area contributed by atoms with Gasteiger partial charge in [0.2, 0.25) is 10.0 Å². The Morgan fingerprint density at radius 3 is 2.68 bits per heavy atom. The first-order valence-electron chi connectivity index (χ1n) is 6.49. The van der Waals surface area contributed by atoms with Crippen LogP contribution in [0.5, 0.6) is 0 Å². The molecule has 6 heteroatoms. The Labute approximate surface area is 119 Å². The van der Waals surface area contributed by atoms with Gasteiger partial charge in [-0.15, -0.1) is 0 Å². The summed E-state index contributed by atoms with van der Waals surface area (Å²) in [6, 6.07) is 6.93. The van der Waals surface area contributed by atoms with E-state index >= 15 is 0 Å². The first-order chi connectivity index (χ1) is 9.05. The van der Waals surface area contributed by atoms with E-state index in [0.717, 1.165) is 23.5 Å². The van der Waals surface area contributed by atoms with Gasteiger partial charge in [0, 0.05) is 30.6 Å². The van der Waals surface area contributed by atoms with Gasteiger partial charge >= 0.3 is 0 Å². The van der Waals surface area contributed by atoms with Crippen molar-refractivity contribution in [3.8, 4) is 0 Å². The quantitative estimate of drug-likeness (QED) is 0.921. The lowest BCUT2D eigenvalue weighted by molar-refractivity contribution is 0.443. The average Bonchev–Trinajstić information content (AvgIpc) is 2.47. The summed E-state index contributed by atoms with van der Waals surface area (Å²) in [5.41, 5.74) is 6.86. The van der Waals surface area contributed by atoms with Crippen LogP contribution in [0.1, 0.15) is 24.9 Å². The van der Waals surface area contributed by atoms with Crippen LogP contribution in [0.4, 0.5) is 0 Å². The fourth-order valence-corrected chi connectivity index (χ4v) is 4.71. The Morgan fingerprint density at radius 1 is 1.37 bits per heavy atom. The Morgan fingerprint density at radius 2 is 2.05 bits per heavy atom. The highest BCUT2D eigenvalue weighted by Gasteiger charge is 2.26. The van der Waals surface area contributed by atoms with Crippen molar-refractivity contribution < 1.29 is 8.42 Å². The second-order valence-corrected chi connectivity index (χ2v) is 7.77. The number of nitrogens with zero attached hydrogens (tertiary/aromatic N) is 1. The molecular weight excluding hydrogens is 280 g/mol. The molecule has 1 aliphatic heterocycles. The second-order valence-electron chi connectivity index (χ2n) is 4.60. The van der Waals surface area contributed by atoms with E-state index in [9.17, 15) is 8.42 Å². The summed E-state index contributed by atoms with van der Waals surface area (Å²) in [6.45, 7) is 3.18. The van der Waals surface area contributed by atoms with Crippen molar-refractivity contribution in [1.82, 2.24) is 4.31 Å². The number of thioether (sulfide) groups is 1. The van der Waals surface area contributed by atoms with E-state index in [0.29, 0.717) is 18.0 Å². The zero-order valence-corrected chi connectivity index (χ0v) is 12.7. The minimum atomic E-state index is -3.36. The molecular formula is C13H20N2O2S2. The van der Waals surface area contributed by atoms with Crippen LogP contribution in [-0.4, -0.2) is 37.3 Å². The summed E-state index contributed by atoms with van der Waals surface area (Å²) >= 11 is 1.80. The number of sulfonamides is 1. The maximum atomic E-state index is 12.5. The van der Waals surface area contributed by atoms with E-state index in [-0.39, 0.29) is 6.04 Å². The van der Waals surface area contributed by atoms with Crippen LogP contribution >= 0.6 is 11.8 Å². The molecule has 2 rings (SSSR count). The van der Waals surface area contributed by atoms with Crippen molar-refractivity contribution in [2.24, 2.45) is 5.73 Å². The fraction of sp³-hybridized carbons (Fsp3) is 0.538. The zero-order chi connectivity index (χ0) is 13.9. The highest BCUT2D eigenvalue weighted by molar-refractivity contribution is 7.99. The zero-order valence-electron chi connectivity index (χ0n) is 11.1. The third-order valence-electron chi connectivity index (χ3n) is 3.33. The smallest absolute Gasteiger partial charge is 0.243 e. The largest absolute Gasteiger partial charge is 0.324 e. The highest BCUT2D eigenvalue weighted by atomic mass is 32.2. The van der Waals surface area contributed by atoms with E-state index in [2.05, 4.69) is 0 Å². The lowest BCUT2D eigenvalue weighted by atomic mass is 10.1. The van der Waals surface area contributed by atoms with Crippen LogP contribution < -0.4 is 5.73 Å². The Balaban J connectivity index is 2.29. The molecule has 1 aromatic rings. The minimum absolute atomic E-state index is 0.105. The van der Waals surface area contributed by atoms with Crippen molar-refractivity contribution in [3.63, 3.8) is 0 Å². The van der Waals surface area contributed by atoms with Gasteiger partial charge in [0.25, 0.3) is 0 Å². The molecule has 0 aromatic heterocycles. The molecule has 1 heterocycles. The van der Waals surface area contributed by atoms with Crippen LogP contribution in [0.25, 0.3) is 0 Å². The summed E-state index contributed by atoms with van der Waals surface area (Å²) < 4.78 is 26.6. The first-order valence-corrected chi connectivity index (χ1v) is 9.08. The van der Waals surface area contributed by atoms with Gasteiger partial charge in [-0.25, -0.2) is 8.42 Å². The highest BCUT2D eigenvalue weighted by Crippen LogP contribution is 2.23. The fourth-order valence-electron chi connectivity index (χ4n) is 2.08. The van der Waals surface area contributed by atoms with Gasteiger partial charge in [-0.2, -0.15) is 16.1 Å². The molecule has 1 fully saturated rings. The summed E-state index contributed by atoms with van der Waals surface area (Å²) in [5, 5.41) is 0. The Bertz CT molecular complexity index is 525. The van der Waals surface area contributed by atoms with Gasteiger partial charge in [0.1, 0.15) is 0 Å². The molecule has 1 unspecified atom stereocenters. The molecule has 0 bridgehead atoms. The van der Waals surface area contributed by atoms with Crippen molar-refractivity contribution in [3.05, 3.63) is 29.8 Å². The number of rotatable bonds is 4. The second kappa shape index (κ2) is 6.26. The van der Waals surface area contributed by atoms with Crippen molar-refractivity contribution in [2.45, 2.75) is 24.3 Å². The molecule has 1 atom stereocenters. The first kappa shape index (κ1) is 14.8. The topological polar surface area (TPSA) is 63.4 Å². The molecule has 106 valence electrons. The maximum absolute atomic E-state index is 12.5. The van der Waals surface area contributed by atoms with E-state index in [1.54, 1.807) is 34.3 Å². The summed E-state index contributed by atoms with van der Waals surface area (Å²) in [6.07, 6.45) is 0.795. The third-order valence-corrected chi connectivity index (χ3v) is 6.17. The number of hydrogen-bond donors (Lipinski definition) is 1. The molecule has 0 aliphatic carbocycles. The monoisotopic (exact) mass is 300 g/mol. The van der Waals surface area contributed by atoms with Gasteiger partial charge in [0.15, 0.2) is 0 Å². The van der Waals surface area contributed by atoms with E-state index < -0.39 is 10.0 Å². The normalized spacial score (nSPS) is 19.3. The van der Waals surface area contributed by atoms with Crippen molar-refractivity contribution in [1.29, 1.82) is 0 Å². The predicted octanol–water partition coefficient (Wildman–Crippen LogP) is 1.83. The maximum Gasteiger partial charge on any atom is 0.243 e. The molecule has 0 saturated carbocycles. The Kier molecular flexibility index (Phi) is 4.89. The molecule has 4 nitrogen and oxygen atoms in total. The minimum Gasteiger partial charge on any atom is -0.324 e. The van der Waals surface area contributed by atoms with Crippen molar-refractivity contribution in [2.75, 3.05) is 24.6 Å². The molecule has 1 aromatic carbocycles. The lowest BCUT2D eigenvalue weighted by Crippen LogP contribution is -2.37. The van der Waals surface area contributed by atoms with Gasteiger partial charge in [-0.3, -0.25) is 0 Å². The summed E-state index contributed by atoms with van der Waals surface area (Å²) in [5.74, 6) is 1.74. The summed E-state index contributed by atoms with van der Waals surface area (Å²) in [7, 11) is -3.36. The molecule has 0 spiro atoms. The molecule has 19 heavy (non-hydrogen) atoms. The molecule has 2 N–H and O–H groups in total. The lowest BCUT2D eigenvalue weighted by Gasteiger charge is -2.26. The number of benzene rings is 1. The van der Waals surface area contributed by atoms with Crippen LogP contribution in [-0.2, 0) is 10.0 Å². The predicted molar refractivity (Wildman–Crippen MR) is 79.7 cm³/mol. The van der Waals surface area contributed by atoms with E-state index in [1.807, 2.05) is 13.0 Å². The van der Waals surface area contributed by atoms with Gasteiger partial charge in [0.05, 0.1) is 4.90 Å². The Hall–Kier alpha value is -0.560. The van der Waals surface area contributed by atoms with Crippen LogP contribution in [0.3, 0.4) is 0 Å². The van der Waals surface area contributed by atoms with Gasteiger partial charge in [-0.05, 0) is 24.1 Å². The van der Waals surface area contributed by atoms with Crippen LogP contribution in [0.15, 0.2) is 29.2 Å². The van der Waals surface area contributed by atoms with Gasteiger partial charge in [-0.1, -0.05) is 19.1 Å². The molecule has 0 amide bonds. The van der Waals surface area contributed by atoms with Crippen molar-refractivity contribution >= 4 is 21.8 Å². The standard InChI is InChI=1S/C13H20N2O2S2/c1-2-13(14)11-4-3-5-12(10-11)19(16,17)15-6-8-18-9-7-15/h3-5,10,13H,2,6-9,14H2,1H3. The molecule has 1 aliphatic rings. The third kappa shape index (κ3) is 3.31. The number of hydrogen-bond acceptors (Lipinski definition) is 4. The van der Waals surface area contributed by atoms with Crippen LogP contribution in [0.2, 0.25) is 0 Å².